The molecule has 2 N–H and O–H groups in total. The molecule has 0 radical (unpaired) electrons. The zero-order valence-corrected chi connectivity index (χ0v) is 24.6. The first-order valence-electron chi connectivity index (χ1n) is 13.4. The number of carbonyl (C=O) groups is 1. The van der Waals surface area contributed by atoms with E-state index >= 15 is 0 Å². The Morgan fingerprint density at radius 1 is 1.09 bits per heavy atom. The first-order chi connectivity index (χ1) is 20.6. The summed E-state index contributed by atoms with van der Waals surface area (Å²) in [5.74, 6) is -0.470. The number of halogens is 6. The molecule has 0 bridgehead atoms. The van der Waals surface area contributed by atoms with E-state index in [2.05, 4.69) is 20.7 Å². The van der Waals surface area contributed by atoms with Crippen LogP contribution in [0.5, 0.6) is 0 Å². The van der Waals surface area contributed by atoms with Gasteiger partial charge in [0.05, 0.1) is 22.7 Å². The molecule has 1 fully saturated rings. The van der Waals surface area contributed by atoms with Gasteiger partial charge in [-0.3, -0.25) is 9.59 Å². The number of carbonyl (C=O) groups excluding carboxylic acids is 1. The number of hydrogen-bond acceptors (Lipinski definition) is 7. The van der Waals surface area contributed by atoms with Gasteiger partial charge in [0.2, 0.25) is 11.7 Å². The van der Waals surface area contributed by atoms with Crippen LogP contribution in [0.3, 0.4) is 0 Å². The van der Waals surface area contributed by atoms with Crippen LogP contribution in [0.1, 0.15) is 12.6 Å². The predicted molar refractivity (Wildman–Crippen MR) is 158 cm³/mol. The second-order valence-electron chi connectivity index (χ2n) is 10.3. The molecule has 1 amide bonds. The maximum absolute atomic E-state index is 13.9. The Morgan fingerprint density at radius 3 is 2.52 bits per heavy atom. The number of benzene rings is 2. The first kappa shape index (κ1) is 29.9. The van der Waals surface area contributed by atoms with Gasteiger partial charge in [0.1, 0.15) is 22.7 Å². The molecule has 1 aliphatic heterocycles. The fourth-order valence-corrected chi connectivity index (χ4v) is 6.17. The molecule has 0 unspecified atom stereocenters. The van der Waals surface area contributed by atoms with Crippen LogP contribution in [0, 0.1) is 0 Å². The molecule has 3 aromatic heterocycles. The van der Waals surface area contributed by atoms with Crippen LogP contribution in [0.15, 0.2) is 62.8 Å². The van der Waals surface area contributed by atoms with E-state index in [0.717, 1.165) is 9.90 Å². The molecule has 1 saturated heterocycles. The number of aromatic nitrogens is 4. The Bertz CT molecular complexity index is 2000. The van der Waals surface area contributed by atoms with Gasteiger partial charge in [0, 0.05) is 37.1 Å². The number of furan rings is 1. The Balaban J connectivity index is 1.43. The van der Waals surface area contributed by atoms with Crippen molar-refractivity contribution in [1.29, 1.82) is 0 Å². The zero-order valence-electron chi connectivity index (χ0n) is 23.0. The van der Waals surface area contributed by atoms with Crippen molar-refractivity contribution >= 4 is 55.9 Å². The lowest BCUT2D eigenvalue weighted by Gasteiger charge is -2.40. The minimum Gasteiger partial charge on any atom is -0.464 e. The van der Waals surface area contributed by atoms with Crippen LogP contribution in [0.4, 0.5) is 30.8 Å². The summed E-state index contributed by atoms with van der Waals surface area (Å²) in [6.07, 6.45) is 1.86. The van der Waals surface area contributed by atoms with E-state index in [1.54, 1.807) is 24.3 Å². The lowest BCUT2D eigenvalue weighted by molar-refractivity contribution is -0.116. The van der Waals surface area contributed by atoms with Gasteiger partial charge in [-0.15, -0.1) is 5.10 Å². The molecule has 5 aromatic rings. The van der Waals surface area contributed by atoms with Crippen molar-refractivity contribution < 1.29 is 28.6 Å². The third kappa shape index (κ3) is 5.59. The largest absolute Gasteiger partial charge is 0.464 e. The minimum absolute atomic E-state index is 0.0607. The highest BCUT2D eigenvalue weighted by Gasteiger charge is 2.65. The number of fused-ring (bicyclic) bond motifs is 2. The summed E-state index contributed by atoms with van der Waals surface area (Å²) in [6, 6.07) is 7.96. The average molecular weight is 658 g/mol. The standard InChI is InChI=1S/C27H25ClF5N7O3S/c1-2-21-24(38-10-8-34-9-11-38)26(42)40-27(36-25(37-40)17-3-6-22-16(13-17)7-12-43-22)39(21)15-23(41)35-20-5-4-18(14-19(20)28)44(29,30,31,32)33/h3-7,12-14,34H,2,8-11,15H2,1H3,(H,35,41). The van der Waals surface area contributed by atoms with Crippen molar-refractivity contribution in [1.82, 2.24) is 24.5 Å². The molecule has 0 aliphatic carbocycles. The summed E-state index contributed by atoms with van der Waals surface area (Å²) in [6.45, 7) is 3.67. The summed E-state index contributed by atoms with van der Waals surface area (Å²) in [5, 5.41) is 10.2. The molecular formula is C27H25ClF5N7O3S. The van der Waals surface area contributed by atoms with Gasteiger partial charge in [-0.05, 0) is 48.9 Å². The van der Waals surface area contributed by atoms with E-state index in [0.29, 0.717) is 61.2 Å². The number of nitrogens with one attached hydrogen (secondary N) is 2. The molecule has 2 aromatic carbocycles. The SMILES string of the molecule is CCc1c(N2CCNCC2)c(=O)n2nc(-c3ccc4occc4c3)nc2n1CC(=O)Nc1ccc(S(F)(F)(F)(F)F)cc1Cl. The Labute approximate surface area is 251 Å². The summed E-state index contributed by atoms with van der Waals surface area (Å²) >= 11 is 5.89. The third-order valence-electron chi connectivity index (χ3n) is 7.27. The smallest absolute Gasteiger partial charge is 0.310 e. The first-order valence-corrected chi connectivity index (χ1v) is 15.7. The van der Waals surface area contributed by atoms with Crippen molar-refractivity contribution in [3.63, 3.8) is 0 Å². The number of rotatable bonds is 7. The second-order valence-corrected chi connectivity index (χ2v) is 13.1. The molecule has 6 rings (SSSR count). The van der Waals surface area contributed by atoms with Gasteiger partial charge < -0.3 is 24.5 Å². The van der Waals surface area contributed by atoms with E-state index < -0.39 is 38.2 Å². The topological polar surface area (TPSA) is 110 Å². The molecule has 44 heavy (non-hydrogen) atoms. The van der Waals surface area contributed by atoms with E-state index in [1.165, 1.54) is 10.8 Å². The van der Waals surface area contributed by atoms with Crippen LogP contribution in [0.2, 0.25) is 5.02 Å². The lowest BCUT2D eigenvalue weighted by atomic mass is 10.1. The van der Waals surface area contributed by atoms with E-state index in [1.807, 2.05) is 11.8 Å². The van der Waals surface area contributed by atoms with Gasteiger partial charge in [-0.2, -0.15) is 9.50 Å². The van der Waals surface area contributed by atoms with Crippen LogP contribution in [-0.2, 0) is 17.8 Å². The third-order valence-corrected chi connectivity index (χ3v) is 8.72. The fourth-order valence-electron chi connectivity index (χ4n) is 5.22. The number of anilines is 2. The normalized spacial score (nSPS) is 15.8. The summed E-state index contributed by atoms with van der Waals surface area (Å²) < 4.78 is 74.3. The second kappa shape index (κ2) is 9.93. The quantitative estimate of drug-likeness (QED) is 0.200. The van der Waals surface area contributed by atoms with Gasteiger partial charge in [-0.25, -0.2) is 0 Å². The molecule has 0 saturated carbocycles. The average Bonchev–Trinajstić information content (AvgIpc) is 3.62. The number of nitrogens with zero attached hydrogens (tertiary/aromatic N) is 5. The number of hydrogen-bond donors (Lipinski definition) is 2. The summed E-state index contributed by atoms with van der Waals surface area (Å²) in [5.41, 5.74) is 1.36. The van der Waals surface area contributed by atoms with Crippen molar-refractivity contribution in [2.24, 2.45) is 0 Å². The molecule has 234 valence electrons. The van der Waals surface area contributed by atoms with Crippen molar-refractivity contribution in [3.05, 3.63) is 69.8 Å². The van der Waals surface area contributed by atoms with Gasteiger partial charge in [0.15, 0.2) is 5.82 Å². The van der Waals surface area contributed by atoms with E-state index in [9.17, 15) is 29.0 Å². The summed E-state index contributed by atoms with van der Waals surface area (Å²) in [7, 11) is -9.98. The van der Waals surface area contributed by atoms with Crippen LogP contribution < -0.4 is 21.1 Å². The van der Waals surface area contributed by atoms with E-state index in [4.69, 9.17) is 16.0 Å². The number of amides is 1. The van der Waals surface area contributed by atoms with E-state index in [-0.39, 0.29) is 29.4 Å². The van der Waals surface area contributed by atoms with Crippen molar-refractivity contribution in [2.45, 2.75) is 24.8 Å². The highest BCUT2D eigenvalue weighted by atomic mass is 35.5. The van der Waals surface area contributed by atoms with Gasteiger partial charge in [0.25, 0.3) is 5.56 Å². The Morgan fingerprint density at radius 2 is 1.84 bits per heavy atom. The van der Waals surface area contributed by atoms with Gasteiger partial charge in [-0.1, -0.05) is 38.0 Å². The van der Waals surface area contributed by atoms with Crippen molar-refractivity contribution in [2.75, 3.05) is 36.4 Å². The Hall–Kier alpha value is -4.15. The molecular weight excluding hydrogens is 633 g/mol. The zero-order chi connectivity index (χ0) is 31.5. The summed E-state index contributed by atoms with van der Waals surface area (Å²) in [4.78, 5) is 31.5. The monoisotopic (exact) mass is 657 g/mol. The molecule has 1 aliphatic rings. The van der Waals surface area contributed by atoms with Crippen molar-refractivity contribution in [3.8, 4) is 11.4 Å². The maximum atomic E-state index is 13.9. The van der Waals surface area contributed by atoms with Crippen LogP contribution >= 0.6 is 21.8 Å². The lowest BCUT2D eigenvalue weighted by Crippen LogP contribution is -2.47. The minimum atomic E-state index is -9.98. The highest BCUT2D eigenvalue weighted by Crippen LogP contribution is 3.02. The Kier molecular flexibility index (Phi) is 6.75. The molecule has 0 spiro atoms. The molecule has 4 heterocycles. The molecule has 0 atom stereocenters. The molecule has 10 nitrogen and oxygen atoms in total. The highest BCUT2D eigenvalue weighted by molar-refractivity contribution is 8.45. The molecule has 17 heteroatoms. The fraction of sp³-hybridized carbons (Fsp3) is 0.259. The van der Waals surface area contributed by atoms with Crippen LogP contribution in [-0.4, -0.2) is 51.3 Å². The predicted octanol–water partition coefficient (Wildman–Crippen LogP) is 6.23. The maximum Gasteiger partial charge on any atom is 0.310 e. The van der Waals surface area contributed by atoms with Crippen LogP contribution in [0.25, 0.3) is 28.1 Å². The van der Waals surface area contributed by atoms with Gasteiger partial charge >= 0.3 is 10.2 Å². The number of piperazine rings is 1.